The number of benzene rings is 2. The van der Waals surface area contributed by atoms with Crippen molar-refractivity contribution in [2.45, 2.75) is 6.61 Å². The molecule has 134 valence electrons. The van der Waals surface area contributed by atoms with Crippen LogP contribution in [0.2, 0.25) is 0 Å². The molecule has 0 radical (unpaired) electrons. The Bertz CT molecular complexity index is 974. The van der Waals surface area contributed by atoms with E-state index in [1.54, 1.807) is 18.2 Å². The maximum absolute atomic E-state index is 11.9. The number of amidine groups is 1. The number of ether oxygens (including phenoxy) is 1. The fourth-order valence-electron chi connectivity index (χ4n) is 2.43. The Morgan fingerprint density at radius 1 is 1.30 bits per heavy atom. The molecule has 0 saturated heterocycles. The SMILES string of the molecule is C=CN1C(=O)C(C#N)=C/C1=N/Nc1ccc(OCc2ccccc2)cc1N. The second-order valence-corrected chi connectivity index (χ2v) is 5.63. The Morgan fingerprint density at radius 2 is 2.07 bits per heavy atom. The summed E-state index contributed by atoms with van der Waals surface area (Å²) in [6.07, 6.45) is 2.68. The van der Waals surface area contributed by atoms with Crippen LogP contribution in [0.5, 0.6) is 5.75 Å². The van der Waals surface area contributed by atoms with Gasteiger partial charge < -0.3 is 10.5 Å². The van der Waals surface area contributed by atoms with Gasteiger partial charge in [0.05, 0.1) is 11.4 Å². The summed E-state index contributed by atoms with van der Waals surface area (Å²) >= 11 is 0. The lowest BCUT2D eigenvalue weighted by Crippen LogP contribution is -2.25. The zero-order chi connectivity index (χ0) is 19.2. The van der Waals surface area contributed by atoms with E-state index in [-0.39, 0.29) is 11.4 Å². The third kappa shape index (κ3) is 3.96. The number of nitrogen functional groups attached to an aromatic ring is 1. The Hall–Kier alpha value is -4.05. The molecule has 7 heteroatoms. The summed E-state index contributed by atoms with van der Waals surface area (Å²) in [5, 5.41) is 13.1. The predicted octanol–water partition coefficient (Wildman–Crippen LogP) is 3.01. The first-order valence-electron chi connectivity index (χ1n) is 8.10. The molecule has 3 N–H and O–H groups in total. The topological polar surface area (TPSA) is 104 Å². The first-order valence-corrected chi connectivity index (χ1v) is 8.10. The lowest BCUT2D eigenvalue weighted by atomic mass is 10.2. The van der Waals surface area contributed by atoms with Gasteiger partial charge in [0.2, 0.25) is 0 Å². The molecular weight excluding hydrogens is 342 g/mol. The fraction of sp³-hybridized carbons (Fsp3) is 0.0500. The standard InChI is InChI=1S/C20H17N5O2/c1-2-25-19(10-15(12-21)20(25)26)24-23-18-9-8-16(11-17(18)22)27-13-14-6-4-3-5-7-14/h2-11,23H,1,13,22H2/b24-19-. The van der Waals surface area contributed by atoms with Gasteiger partial charge in [-0.05, 0) is 17.7 Å². The lowest BCUT2D eigenvalue weighted by Gasteiger charge is -2.12. The van der Waals surface area contributed by atoms with Gasteiger partial charge in [0.1, 0.15) is 24.0 Å². The highest BCUT2D eigenvalue weighted by Crippen LogP contribution is 2.25. The molecule has 0 spiro atoms. The van der Waals surface area contributed by atoms with Crippen LogP contribution in [-0.2, 0) is 11.4 Å². The quantitative estimate of drug-likeness (QED) is 0.609. The minimum atomic E-state index is -0.467. The molecule has 0 saturated carbocycles. The number of nitriles is 1. The summed E-state index contributed by atoms with van der Waals surface area (Å²) in [6, 6.07) is 16.8. The molecule has 27 heavy (non-hydrogen) atoms. The second-order valence-electron chi connectivity index (χ2n) is 5.63. The number of nitrogens with zero attached hydrogens (tertiary/aromatic N) is 3. The van der Waals surface area contributed by atoms with Crippen molar-refractivity contribution in [3.8, 4) is 11.8 Å². The van der Waals surface area contributed by atoms with Gasteiger partial charge in [0.15, 0.2) is 5.84 Å². The van der Waals surface area contributed by atoms with Crippen LogP contribution in [-0.4, -0.2) is 16.6 Å². The fourth-order valence-corrected chi connectivity index (χ4v) is 2.43. The Morgan fingerprint density at radius 3 is 2.74 bits per heavy atom. The van der Waals surface area contributed by atoms with E-state index in [4.69, 9.17) is 15.7 Å². The first kappa shape index (κ1) is 17.8. The molecule has 0 bridgehead atoms. The van der Waals surface area contributed by atoms with Gasteiger partial charge in [-0.1, -0.05) is 36.9 Å². The number of hydrogen-bond acceptors (Lipinski definition) is 6. The lowest BCUT2D eigenvalue weighted by molar-refractivity contribution is -0.120. The first-order chi connectivity index (χ1) is 13.1. The van der Waals surface area contributed by atoms with E-state index in [0.717, 1.165) is 5.56 Å². The molecule has 0 aromatic heterocycles. The number of nitrogens with two attached hydrogens (primary N) is 1. The van der Waals surface area contributed by atoms with Gasteiger partial charge in [0, 0.05) is 18.3 Å². The van der Waals surface area contributed by atoms with Gasteiger partial charge in [0.25, 0.3) is 5.91 Å². The molecule has 0 aliphatic carbocycles. The smallest absolute Gasteiger partial charge is 0.274 e. The zero-order valence-electron chi connectivity index (χ0n) is 14.4. The summed E-state index contributed by atoms with van der Waals surface area (Å²) in [7, 11) is 0. The van der Waals surface area contributed by atoms with E-state index in [9.17, 15) is 4.79 Å². The van der Waals surface area contributed by atoms with Gasteiger partial charge in [-0.25, -0.2) is 0 Å². The molecule has 1 aliphatic rings. The number of anilines is 2. The van der Waals surface area contributed by atoms with Crippen LogP contribution >= 0.6 is 0 Å². The van der Waals surface area contributed by atoms with Crippen LogP contribution in [0, 0.1) is 11.3 Å². The molecule has 0 unspecified atom stereocenters. The minimum absolute atomic E-state index is 0.00641. The molecule has 1 heterocycles. The van der Waals surface area contributed by atoms with E-state index in [1.165, 1.54) is 17.2 Å². The summed E-state index contributed by atoms with van der Waals surface area (Å²) in [5.74, 6) is 0.422. The number of carbonyl (C=O) groups is 1. The van der Waals surface area contributed by atoms with Gasteiger partial charge >= 0.3 is 0 Å². The number of hydrazone groups is 1. The van der Waals surface area contributed by atoms with Crippen molar-refractivity contribution in [3.63, 3.8) is 0 Å². The van der Waals surface area contributed by atoms with Crippen LogP contribution in [0.1, 0.15) is 5.56 Å². The third-order valence-corrected chi connectivity index (χ3v) is 3.83. The van der Waals surface area contributed by atoms with Crippen molar-refractivity contribution in [1.29, 1.82) is 5.26 Å². The number of rotatable bonds is 6. The van der Waals surface area contributed by atoms with Crippen LogP contribution in [0.3, 0.4) is 0 Å². The summed E-state index contributed by atoms with van der Waals surface area (Å²) < 4.78 is 5.73. The molecule has 7 nitrogen and oxygen atoms in total. The molecule has 2 aromatic carbocycles. The van der Waals surface area contributed by atoms with Crippen LogP contribution in [0.25, 0.3) is 0 Å². The monoisotopic (exact) mass is 359 g/mol. The Balaban J connectivity index is 1.69. The van der Waals surface area contributed by atoms with Crippen molar-refractivity contribution in [3.05, 3.63) is 78.5 Å². The van der Waals surface area contributed by atoms with Gasteiger partial charge in [-0.3, -0.25) is 15.1 Å². The number of carbonyl (C=O) groups excluding carboxylic acids is 1. The predicted molar refractivity (Wildman–Crippen MR) is 103 cm³/mol. The molecule has 0 fully saturated rings. The van der Waals surface area contributed by atoms with E-state index >= 15 is 0 Å². The molecule has 1 aliphatic heterocycles. The van der Waals surface area contributed by atoms with E-state index in [2.05, 4.69) is 17.1 Å². The Kier molecular flexibility index (Phi) is 5.19. The van der Waals surface area contributed by atoms with Crippen molar-refractivity contribution < 1.29 is 9.53 Å². The molecule has 3 rings (SSSR count). The van der Waals surface area contributed by atoms with Crippen LogP contribution in [0.15, 0.2) is 78.1 Å². The molecule has 0 atom stereocenters. The van der Waals surface area contributed by atoms with Crippen LogP contribution < -0.4 is 15.9 Å². The molecule has 2 aromatic rings. The average Bonchev–Trinajstić information content (AvgIpc) is 3.01. The number of hydrogen-bond donors (Lipinski definition) is 2. The maximum Gasteiger partial charge on any atom is 0.274 e. The second kappa shape index (κ2) is 7.89. The maximum atomic E-state index is 11.9. The minimum Gasteiger partial charge on any atom is -0.489 e. The summed E-state index contributed by atoms with van der Waals surface area (Å²) in [5.41, 5.74) is 10.9. The number of amides is 1. The van der Waals surface area contributed by atoms with Crippen LogP contribution in [0.4, 0.5) is 11.4 Å². The van der Waals surface area contributed by atoms with Gasteiger partial charge in [-0.15, -0.1) is 0 Å². The highest BCUT2D eigenvalue weighted by atomic mass is 16.5. The van der Waals surface area contributed by atoms with Crippen molar-refractivity contribution >= 4 is 23.1 Å². The third-order valence-electron chi connectivity index (χ3n) is 3.83. The van der Waals surface area contributed by atoms with E-state index in [1.807, 2.05) is 36.4 Å². The molecule has 1 amide bonds. The highest BCUT2D eigenvalue weighted by Gasteiger charge is 2.27. The largest absolute Gasteiger partial charge is 0.489 e. The van der Waals surface area contributed by atoms with Crippen molar-refractivity contribution in [1.82, 2.24) is 4.90 Å². The molecular formula is C20H17N5O2. The average molecular weight is 359 g/mol. The van der Waals surface area contributed by atoms with Crippen molar-refractivity contribution in [2.75, 3.05) is 11.2 Å². The summed E-state index contributed by atoms with van der Waals surface area (Å²) in [6.45, 7) is 3.99. The zero-order valence-corrected chi connectivity index (χ0v) is 14.4. The Labute approximate surface area is 156 Å². The van der Waals surface area contributed by atoms with E-state index < -0.39 is 5.91 Å². The van der Waals surface area contributed by atoms with Gasteiger partial charge in [-0.2, -0.15) is 10.4 Å². The summed E-state index contributed by atoms with van der Waals surface area (Å²) in [4.78, 5) is 13.1. The van der Waals surface area contributed by atoms with E-state index in [0.29, 0.717) is 23.7 Å². The highest BCUT2D eigenvalue weighted by molar-refractivity contribution is 6.21. The van der Waals surface area contributed by atoms with Crippen molar-refractivity contribution in [2.24, 2.45) is 5.10 Å². The number of nitrogens with one attached hydrogen (secondary N) is 1. The normalized spacial score (nSPS) is 14.6.